The Morgan fingerprint density at radius 2 is 2.17 bits per heavy atom. The number of rotatable bonds is 3. The van der Waals surface area contributed by atoms with Gasteiger partial charge in [0.1, 0.15) is 11.5 Å². The molecule has 1 aliphatic heterocycles. The second-order valence-electron chi connectivity index (χ2n) is 5.73. The van der Waals surface area contributed by atoms with Crippen molar-refractivity contribution in [3.8, 4) is 5.75 Å². The number of hydrogen-bond donors (Lipinski definition) is 0. The van der Waals surface area contributed by atoms with Gasteiger partial charge in [0.25, 0.3) is 0 Å². The van der Waals surface area contributed by atoms with Crippen LogP contribution in [0.1, 0.15) is 45.8 Å². The number of carbonyl (C=O) groups is 2. The average molecular weight is 350 g/mol. The van der Waals surface area contributed by atoms with Crippen molar-refractivity contribution < 1.29 is 23.5 Å². The molecule has 0 spiro atoms. The van der Waals surface area contributed by atoms with Crippen LogP contribution in [0.3, 0.4) is 0 Å². The fourth-order valence-corrected chi connectivity index (χ4v) is 2.58. The van der Waals surface area contributed by atoms with Crippen LogP contribution in [0, 0.1) is 5.82 Å². The van der Waals surface area contributed by atoms with Gasteiger partial charge in [0.05, 0.1) is 17.2 Å². The zero-order valence-electron chi connectivity index (χ0n) is 12.9. The number of fused-ring (bicyclic) bond motifs is 1. The number of carbonyl (C=O) groups excluding carboxylic acids is 2. The van der Waals surface area contributed by atoms with E-state index in [-0.39, 0.29) is 34.2 Å². The molecule has 2 heterocycles. The third-order valence-corrected chi connectivity index (χ3v) is 3.90. The molecule has 1 aliphatic rings. The van der Waals surface area contributed by atoms with E-state index in [0.29, 0.717) is 11.8 Å². The molecule has 0 saturated heterocycles. The summed E-state index contributed by atoms with van der Waals surface area (Å²) in [4.78, 5) is 27.9. The molecule has 0 radical (unpaired) electrons. The summed E-state index contributed by atoms with van der Waals surface area (Å²) >= 11 is 5.74. The molecule has 0 fully saturated rings. The van der Waals surface area contributed by atoms with E-state index in [1.54, 1.807) is 13.8 Å². The molecule has 0 aliphatic carbocycles. The molecule has 1 aromatic carbocycles. The summed E-state index contributed by atoms with van der Waals surface area (Å²) in [5, 5.41) is -0.152. The molecule has 24 heavy (non-hydrogen) atoms. The van der Waals surface area contributed by atoms with Gasteiger partial charge in [0.15, 0.2) is 17.8 Å². The summed E-state index contributed by atoms with van der Waals surface area (Å²) < 4.78 is 24.5. The maximum atomic E-state index is 13.3. The van der Waals surface area contributed by atoms with Crippen LogP contribution < -0.4 is 4.74 Å². The van der Waals surface area contributed by atoms with Gasteiger partial charge in [-0.05, 0) is 18.2 Å². The Morgan fingerprint density at radius 1 is 1.42 bits per heavy atom. The van der Waals surface area contributed by atoms with Crippen molar-refractivity contribution in [2.75, 3.05) is 0 Å². The van der Waals surface area contributed by atoms with Gasteiger partial charge in [0, 0.05) is 31.2 Å². The lowest BCUT2D eigenvalue weighted by Gasteiger charge is -2.33. The maximum absolute atomic E-state index is 13.3. The number of nitrogens with zero attached hydrogens (tertiary/aromatic N) is 1. The fourth-order valence-electron chi connectivity index (χ4n) is 2.40. The number of pyridine rings is 1. The summed E-state index contributed by atoms with van der Waals surface area (Å²) in [5.41, 5.74) is 0.940. The first-order valence-corrected chi connectivity index (χ1v) is 7.50. The van der Waals surface area contributed by atoms with E-state index in [1.165, 1.54) is 18.3 Å². The lowest BCUT2D eigenvalue weighted by Crippen LogP contribution is -2.36. The molecule has 124 valence electrons. The summed E-state index contributed by atoms with van der Waals surface area (Å²) in [5.74, 6) is -1.74. The third kappa shape index (κ3) is 2.90. The Kier molecular flexibility index (Phi) is 4.11. The molecule has 0 amide bonds. The second kappa shape index (κ2) is 5.96. The van der Waals surface area contributed by atoms with E-state index >= 15 is 0 Å². The van der Waals surface area contributed by atoms with E-state index in [9.17, 15) is 14.0 Å². The van der Waals surface area contributed by atoms with Crippen molar-refractivity contribution in [3.63, 3.8) is 0 Å². The van der Waals surface area contributed by atoms with Crippen LogP contribution in [-0.2, 0) is 11.3 Å². The second-order valence-corrected chi connectivity index (χ2v) is 6.14. The monoisotopic (exact) mass is 349 g/mol. The SMILES string of the molecule is CC1(C)OCc2c(C(=O)c3ccc(F)c(Cl)c3)cnc(C=O)c2O1. The first-order valence-electron chi connectivity index (χ1n) is 7.12. The van der Waals surface area contributed by atoms with Crippen LogP contribution in [0.15, 0.2) is 24.4 Å². The molecule has 0 saturated carbocycles. The molecule has 0 bridgehead atoms. The van der Waals surface area contributed by atoms with Crippen LogP contribution in [0.4, 0.5) is 4.39 Å². The van der Waals surface area contributed by atoms with Crippen LogP contribution in [0.5, 0.6) is 5.75 Å². The largest absolute Gasteiger partial charge is 0.460 e. The minimum atomic E-state index is -0.937. The highest BCUT2D eigenvalue weighted by molar-refractivity contribution is 6.31. The topological polar surface area (TPSA) is 65.5 Å². The quantitative estimate of drug-likeness (QED) is 0.626. The van der Waals surface area contributed by atoms with Crippen molar-refractivity contribution >= 4 is 23.7 Å². The molecule has 0 N–H and O–H groups in total. The highest BCUT2D eigenvalue weighted by atomic mass is 35.5. The molecule has 1 aromatic heterocycles. The minimum Gasteiger partial charge on any atom is -0.460 e. The van der Waals surface area contributed by atoms with Gasteiger partial charge < -0.3 is 9.47 Å². The van der Waals surface area contributed by atoms with Gasteiger partial charge in [-0.2, -0.15) is 0 Å². The molecule has 3 rings (SSSR count). The van der Waals surface area contributed by atoms with Gasteiger partial charge in [-0.1, -0.05) is 11.6 Å². The Labute approximate surface area is 142 Å². The third-order valence-electron chi connectivity index (χ3n) is 3.61. The van der Waals surface area contributed by atoms with Crippen molar-refractivity contribution in [2.45, 2.75) is 26.2 Å². The minimum absolute atomic E-state index is 0.0850. The summed E-state index contributed by atoms with van der Waals surface area (Å²) in [6, 6.07) is 3.69. The lowest BCUT2D eigenvalue weighted by atomic mass is 9.98. The van der Waals surface area contributed by atoms with Crippen molar-refractivity contribution in [1.82, 2.24) is 4.98 Å². The summed E-state index contributed by atoms with van der Waals surface area (Å²) in [6.45, 7) is 3.47. The van der Waals surface area contributed by atoms with Crippen molar-refractivity contribution in [1.29, 1.82) is 0 Å². The number of halogens is 2. The number of ether oxygens (including phenoxy) is 2. The van der Waals surface area contributed by atoms with Crippen LogP contribution >= 0.6 is 11.6 Å². The molecular formula is C17H13ClFNO4. The molecule has 5 nitrogen and oxygen atoms in total. The Morgan fingerprint density at radius 3 is 2.83 bits per heavy atom. The maximum Gasteiger partial charge on any atom is 0.205 e. The molecular weight excluding hydrogens is 337 g/mol. The molecule has 2 aromatic rings. The summed E-state index contributed by atoms with van der Waals surface area (Å²) in [7, 11) is 0. The van der Waals surface area contributed by atoms with E-state index in [1.807, 2.05) is 0 Å². The number of benzene rings is 1. The zero-order valence-corrected chi connectivity index (χ0v) is 13.7. The highest BCUT2D eigenvalue weighted by Gasteiger charge is 2.33. The van der Waals surface area contributed by atoms with E-state index < -0.39 is 17.4 Å². The molecule has 0 unspecified atom stereocenters. The van der Waals surface area contributed by atoms with E-state index in [0.717, 1.165) is 6.07 Å². The number of aromatic nitrogens is 1. The fraction of sp³-hybridized carbons (Fsp3) is 0.235. The van der Waals surface area contributed by atoms with Crippen molar-refractivity contribution in [3.05, 3.63) is 57.6 Å². The first kappa shape index (κ1) is 16.5. The van der Waals surface area contributed by atoms with E-state index in [2.05, 4.69) is 4.98 Å². The molecule has 0 atom stereocenters. The Hall–Kier alpha value is -2.31. The normalized spacial score (nSPS) is 15.3. The first-order chi connectivity index (χ1) is 11.3. The van der Waals surface area contributed by atoms with Gasteiger partial charge in [-0.3, -0.25) is 9.59 Å². The van der Waals surface area contributed by atoms with Gasteiger partial charge in [-0.25, -0.2) is 9.37 Å². The zero-order chi connectivity index (χ0) is 17.5. The highest BCUT2D eigenvalue weighted by Crippen LogP contribution is 2.35. The van der Waals surface area contributed by atoms with Crippen LogP contribution in [-0.4, -0.2) is 22.8 Å². The van der Waals surface area contributed by atoms with Crippen LogP contribution in [0.25, 0.3) is 0 Å². The van der Waals surface area contributed by atoms with Gasteiger partial charge in [0.2, 0.25) is 5.79 Å². The Bertz CT molecular complexity index is 851. The van der Waals surface area contributed by atoms with Crippen molar-refractivity contribution in [2.24, 2.45) is 0 Å². The predicted octanol–water partition coefficient (Wildman–Crippen LogP) is 3.56. The standard InChI is InChI=1S/C17H13ClFNO4/c1-17(2)23-8-11-10(6-20-14(7-21)16(11)24-17)15(22)9-3-4-13(19)12(18)5-9/h3-7H,8H2,1-2H3. The summed E-state index contributed by atoms with van der Waals surface area (Å²) in [6.07, 6.45) is 1.84. The number of hydrogen-bond acceptors (Lipinski definition) is 5. The van der Waals surface area contributed by atoms with Gasteiger partial charge in [-0.15, -0.1) is 0 Å². The number of aldehydes is 1. The average Bonchev–Trinajstić information content (AvgIpc) is 2.54. The Balaban J connectivity index is 2.10. The lowest BCUT2D eigenvalue weighted by molar-refractivity contribution is -0.180. The van der Waals surface area contributed by atoms with Gasteiger partial charge >= 0.3 is 0 Å². The molecule has 7 heteroatoms. The van der Waals surface area contributed by atoms with E-state index in [4.69, 9.17) is 21.1 Å². The number of ketones is 1. The predicted molar refractivity (Wildman–Crippen MR) is 84.0 cm³/mol. The van der Waals surface area contributed by atoms with Crippen LogP contribution in [0.2, 0.25) is 5.02 Å². The smallest absolute Gasteiger partial charge is 0.205 e.